The maximum Gasteiger partial charge on any atom is 0.261 e. The van der Waals surface area contributed by atoms with Crippen molar-refractivity contribution in [3.63, 3.8) is 0 Å². The molecule has 0 saturated carbocycles. The van der Waals surface area contributed by atoms with Gasteiger partial charge in [0.25, 0.3) is 15.9 Å². The van der Waals surface area contributed by atoms with Crippen molar-refractivity contribution in [1.82, 2.24) is 15.5 Å². The van der Waals surface area contributed by atoms with Crippen LogP contribution < -0.4 is 15.8 Å². The number of rotatable bonds is 10. The van der Waals surface area contributed by atoms with Crippen LogP contribution in [0.2, 0.25) is 0 Å². The first-order chi connectivity index (χ1) is 15.8. The van der Waals surface area contributed by atoms with Gasteiger partial charge in [-0.3, -0.25) is 14.6 Å². The van der Waals surface area contributed by atoms with E-state index in [-0.39, 0.29) is 22.3 Å². The van der Waals surface area contributed by atoms with E-state index < -0.39 is 15.8 Å². The van der Waals surface area contributed by atoms with Gasteiger partial charge in [0.05, 0.1) is 10.6 Å². The van der Waals surface area contributed by atoms with Gasteiger partial charge in [-0.25, -0.2) is 12.8 Å². The molecule has 1 aromatic heterocycles. The van der Waals surface area contributed by atoms with Gasteiger partial charge in [-0.05, 0) is 67.8 Å². The van der Waals surface area contributed by atoms with Crippen molar-refractivity contribution in [2.75, 3.05) is 17.0 Å². The number of amides is 1. The van der Waals surface area contributed by atoms with Crippen molar-refractivity contribution in [3.05, 3.63) is 71.2 Å². The summed E-state index contributed by atoms with van der Waals surface area (Å²) in [6, 6.07) is 12.5. The SMILES string of the molecule is N#Cc1c(N)n[nH]c1CCCCCNC(=O)c1ccc(S(=O)(=O)Nc2ccc(F)cc2)cc1. The molecular weight excluding hydrogens is 447 g/mol. The molecule has 1 amide bonds. The van der Waals surface area contributed by atoms with Gasteiger partial charge in [-0.15, -0.1) is 0 Å². The van der Waals surface area contributed by atoms with Gasteiger partial charge in [0.2, 0.25) is 0 Å². The molecule has 11 heteroatoms. The Hall–Kier alpha value is -3.91. The molecule has 0 aliphatic heterocycles. The molecule has 3 aromatic rings. The number of nitriles is 1. The van der Waals surface area contributed by atoms with Gasteiger partial charge >= 0.3 is 0 Å². The number of anilines is 2. The Bertz CT molecular complexity index is 1250. The summed E-state index contributed by atoms with van der Waals surface area (Å²) in [5, 5.41) is 18.4. The number of nitrogens with one attached hydrogen (secondary N) is 3. The summed E-state index contributed by atoms with van der Waals surface area (Å²) in [5.74, 6) is -0.576. The van der Waals surface area contributed by atoms with Gasteiger partial charge in [0.1, 0.15) is 17.4 Å². The third kappa shape index (κ3) is 6.30. The Labute approximate surface area is 190 Å². The maximum absolute atomic E-state index is 13.0. The van der Waals surface area contributed by atoms with Crippen molar-refractivity contribution < 1.29 is 17.6 Å². The summed E-state index contributed by atoms with van der Waals surface area (Å²) in [5.41, 5.74) is 7.26. The number of nitrogens with two attached hydrogens (primary N) is 1. The zero-order chi connectivity index (χ0) is 23.8. The first-order valence-corrected chi connectivity index (χ1v) is 11.7. The highest BCUT2D eigenvalue weighted by Gasteiger charge is 2.15. The lowest BCUT2D eigenvalue weighted by Gasteiger charge is -2.09. The largest absolute Gasteiger partial charge is 0.381 e. The molecule has 2 aromatic carbocycles. The molecule has 0 atom stereocenters. The monoisotopic (exact) mass is 470 g/mol. The number of nitrogen functional groups attached to an aromatic ring is 1. The number of nitrogens with zero attached hydrogens (tertiary/aromatic N) is 2. The number of benzene rings is 2. The zero-order valence-corrected chi connectivity index (χ0v) is 18.5. The van der Waals surface area contributed by atoms with Crippen molar-refractivity contribution in [3.8, 4) is 6.07 Å². The topological polar surface area (TPSA) is 154 Å². The Morgan fingerprint density at radius 1 is 1.09 bits per heavy atom. The van der Waals surface area contributed by atoms with E-state index in [2.05, 4.69) is 20.2 Å². The second-order valence-electron chi connectivity index (χ2n) is 7.28. The minimum Gasteiger partial charge on any atom is -0.381 e. The molecule has 1 heterocycles. The number of hydrogen-bond acceptors (Lipinski definition) is 6. The summed E-state index contributed by atoms with van der Waals surface area (Å²) >= 11 is 0. The van der Waals surface area contributed by atoms with E-state index in [1.54, 1.807) is 0 Å². The molecule has 3 rings (SSSR count). The molecule has 0 aliphatic rings. The number of aryl methyl sites for hydroxylation is 1. The third-order valence-corrected chi connectivity index (χ3v) is 6.29. The van der Waals surface area contributed by atoms with E-state index in [0.29, 0.717) is 29.8 Å². The number of H-pyrrole nitrogens is 1. The van der Waals surface area contributed by atoms with Crippen LogP contribution in [-0.2, 0) is 16.4 Å². The predicted octanol–water partition coefficient (Wildman–Crippen LogP) is 2.95. The van der Waals surface area contributed by atoms with Crippen LogP contribution in [0.4, 0.5) is 15.9 Å². The molecule has 172 valence electrons. The van der Waals surface area contributed by atoms with Crippen molar-refractivity contribution in [2.24, 2.45) is 0 Å². The van der Waals surface area contributed by atoms with Gasteiger partial charge in [-0.2, -0.15) is 10.4 Å². The Morgan fingerprint density at radius 2 is 1.79 bits per heavy atom. The smallest absolute Gasteiger partial charge is 0.261 e. The van der Waals surface area contributed by atoms with E-state index in [4.69, 9.17) is 11.0 Å². The lowest BCUT2D eigenvalue weighted by Crippen LogP contribution is -2.24. The van der Waals surface area contributed by atoms with Crippen LogP contribution in [0.15, 0.2) is 53.4 Å². The highest BCUT2D eigenvalue weighted by molar-refractivity contribution is 7.92. The Balaban J connectivity index is 1.44. The number of unbranched alkanes of at least 4 members (excludes halogenated alkanes) is 2. The molecule has 33 heavy (non-hydrogen) atoms. The van der Waals surface area contributed by atoms with Crippen LogP contribution in [0.5, 0.6) is 0 Å². The number of aromatic amines is 1. The number of halogens is 1. The highest BCUT2D eigenvalue weighted by Crippen LogP contribution is 2.17. The first kappa shape index (κ1) is 23.7. The highest BCUT2D eigenvalue weighted by atomic mass is 32.2. The summed E-state index contributed by atoms with van der Waals surface area (Å²) in [6.07, 6.45) is 3.02. The standard InChI is InChI=1S/C22H23FN6O3S/c23-16-7-9-17(10-8-16)29-33(31,32)18-11-5-15(6-12-18)22(30)26-13-3-1-2-4-20-19(14-24)21(25)28-27-20/h5-12,29H,1-4,13H2,(H,26,30)(H3,25,27,28). The summed E-state index contributed by atoms with van der Waals surface area (Å²) in [6.45, 7) is 0.460. The Morgan fingerprint density at radius 3 is 2.45 bits per heavy atom. The van der Waals surface area contributed by atoms with Gasteiger partial charge < -0.3 is 11.1 Å². The number of aromatic nitrogens is 2. The minimum absolute atomic E-state index is 0.0143. The molecular formula is C22H23FN6O3S. The summed E-state index contributed by atoms with van der Waals surface area (Å²) in [4.78, 5) is 12.3. The number of sulfonamides is 1. The fraction of sp³-hybridized carbons (Fsp3) is 0.227. The van der Waals surface area contributed by atoms with Gasteiger partial charge in [0.15, 0.2) is 5.82 Å². The fourth-order valence-electron chi connectivity index (χ4n) is 3.12. The minimum atomic E-state index is -3.86. The zero-order valence-electron chi connectivity index (χ0n) is 17.6. The van der Waals surface area contributed by atoms with E-state index >= 15 is 0 Å². The lowest BCUT2D eigenvalue weighted by atomic mass is 10.1. The van der Waals surface area contributed by atoms with Crippen molar-refractivity contribution in [2.45, 2.75) is 30.6 Å². The molecule has 0 saturated heterocycles. The molecule has 0 aliphatic carbocycles. The fourth-order valence-corrected chi connectivity index (χ4v) is 4.18. The van der Waals surface area contributed by atoms with E-state index in [1.807, 2.05) is 6.07 Å². The maximum atomic E-state index is 13.0. The average molecular weight is 471 g/mol. The van der Waals surface area contributed by atoms with Crippen LogP contribution in [0.3, 0.4) is 0 Å². The quantitative estimate of drug-likeness (QED) is 0.334. The van der Waals surface area contributed by atoms with Gasteiger partial charge in [-0.1, -0.05) is 6.42 Å². The van der Waals surface area contributed by atoms with E-state index in [1.165, 1.54) is 36.4 Å². The average Bonchev–Trinajstić information content (AvgIpc) is 3.16. The molecule has 0 spiro atoms. The van der Waals surface area contributed by atoms with Gasteiger partial charge in [0, 0.05) is 17.8 Å². The number of hydrogen-bond donors (Lipinski definition) is 4. The van der Waals surface area contributed by atoms with Crippen LogP contribution in [0.25, 0.3) is 0 Å². The van der Waals surface area contributed by atoms with Crippen LogP contribution in [0.1, 0.15) is 40.9 Å². The van der Waals surface area contributed by atoms with Crippen molar-refractivity contribution in [1.29, 1.82) is 5.26 Å². The van der Waals surface area contributed by atoms with E-state index in [0.717, 1.165) is 31.4 Å². The molecule has 9 nitrogen and oxygen atoms in total. The summed E-state index contributed by atoms with van der Waals surface area (Å²) in [7, 11) is -3.86. The number of carbonyl (C=O) groups excluding carboxylic acids is 1. The molecule has 0 radical (unpaired) electrons. The third-order valence-electron chi connectivity index (χ3n) is 4.89. The molecule has 5 N–H and O–H groups in total. The first-order valence-electron chi connectivity index (χ1n) is 10.2. The number of carbonyl (C=O) groups is 1. The van der Waals surface area contributed by atoms with Crippen LogP contribution in [-0.4, -0.2) is 31.1 Å². The molecule has 0 bridgehead atoms. The Kier molecular flexibility index (Phi) is 7.63. The molecule has 0 fully saturated rings. The second kappa shape index (κ2) is 10.6. The predicted molar refractivity (Wildman–Crippen MR) is 121 cm³/mol. The van der Waals surface area contributed by atoms with Crippen molar-refractivity contribution >= 4 is 27.4 Å². The van der Waals surface area contributed by atoms with Crippen LogP contribution in [0, 0.1) is 17.1 Å². The molecule has 0 unspecified atom stereocenters. The lowest BCUT2D eigenvalue weighted by molar-refractivity contribution is 0.0953. The summed E-state index contributed by atoms with van der Waals surface area (Å²) < 4.78 is 40.2. The normalized spacial score (nSPS) is 11.0. The van der Waals surface area contributed by atoms with Crippen LogP contribution >= 0.6 is 0 Å². The van der Waals surface area contributed by atoms with E-state index in [9.17, 15) is 17.6 Å². The second-order valence-corrected chi connectivity index (χ2v) is 8.96.